The normalized spacial score (nSPS) is 30.2. The molecule has 3 heteroatoms. The first kappa shape index (κ1) is 20.0. The lowest BCUT2D eigenvalue weighted by Crippen LogP contribution is -2.49. The van der Waals surface area contributed by atoms with Crippen LogP contribution in [0.3, 0.4) is 0 Å². The van der Waals surface area contributed by atoms with Crippen molar-refractivity contribution in [1.82, 2.24) is 9.80 Å². The van der Waals surface area contributed by atoms with Crippen molar-refractivity contribution in [3.63, 3.8) is 0 Å². The molecule has 2 saturated carbocycles. The van der Waals surface area contributed by atoms with E-state index in [1.54, 1.807) is 0 Å². The Hall–Kier alpha value is 0.210. The molecule has 4 fully saturated rings. The molecule has 0 radical (unpaired) electrons. The fraction of sp³-hybridized carbons (Fsp3) is 1.00. The Morgan fingerprint density at radius 1 is 0.480 bits per heavy atom. The van der Waals surface area contributed by atoms with Crippen LogP contribution < -0.4 is 0 Å². The summed E-state index contributed by atoms with van der Waals surface area (Å²) in [5, 5.41) is 0. The van der Waals surface area contributed by atoms with Crippen molar-refractivity contribution in [1.29, 1.82) is 0 Å². The third kappa shape index (κ3) is 4.93. The fourth-order valence-electron chi connectivity index (χ4n) is 6.70. The largest absolute Gasteiger partial charge is 0.302 e. The van der Waals surface area contributed by atoms with Crippen LogP contribution in [0.2, 0.25) is 0 Å². The first-order chi connectivity index (χ1) is 11.8. The Bertz CT molecular complexity index is 350. The third-order valence-electron chi connectivity index (χ3n) is 8.04. The molecular weight excluding hydrogens is 328 g/mol. The summed E-state index contributed by atoms with van der Waals surface area (Å²) in [6.45, 7) is 8.29. The Balaban J connectivity index is 0.00000182. The van der Waals surface area contributed by atoms with Gasteiger partial charge in [-0.1, -0.05) is 38.5 Å². The van der Waals surface area contributed by atoms with E-state index in [9.17, 15) is 0 Å². The van der Waals surface area contributed by atoms with Gasteiger partial charge in [-0.2, -0.15) is 0 Å². The summed E-state index contributed by atoms with van der Waals surface area (Å²) in [6.07, 6.45) is 21.1. The van der Waals surface area contributed by atoms with Gasteiger partial charge in [-0.15, -0.1) is 12.4 Å². The van der Waals surface area contributed by atoms with E-state index in [1.165, 1.54) is 129 Å². The Labute approximate surface area is 162 Å². The molecule has 0 bridgehead atoms. The number of piperidine rings is 2. The Kier molecular flexibility index (Phi) is 7.13. The lowest BCUT2D eigenvalue weighted by atomic mass is 9.69. The molecule has 2 aliphatic heterocycles. The fourth-order valence-corrected chi connectivity index (χ4v) is 6.70. The molecule has 0 N–H and O–H groups in total. The van der Waals surface area contributed by atoms with Crippen LogP contribution in [-0.4, -0.2) is 49.1 Å². The quantitative estimate of drug-likeness (QED) is 0.648. The van der Waals surface area contributed by atoms with Crippen LogP contribution in [0, 0.1) is 10.8 Å². The predicted molar refractivity (Wildman–Crippen MR) is 110 cm³/mol. The maximum atomic E-state index is 2.84. The maximum absolute atomic E-state index is 2.84. The number of nitrogens with zero attached hydrogens (tertiary/aromatic N) is 2. The average molecular weight is 369 g/mol. The predicted octanol–water partition coefficient (Wildman–Crippen LogP) is 5.50. The van der Waals surface area contributed by atoms with Crippen LogP contribution in [-0.2, 0) is 0 Å². The Morgan fingerprint density at radius 3 is 1.24 bits per heavy atom. The first-order valence-corrected chi connectivity index (χ1v) is 11.2. The second-order valence-electron chi connectivity index (χ2n) is 9.88. The number of hydrogen-bond acceptors (Lipinski definition) is 2. The van der Waals surface area contributed by atoms with Crippen molar-refractivity contribution in [3.8, 4) is 0 Å². The van der Waals surface area contributed by atoms with Crippen molar-refractivity contribution in [3.05, 3.63) is 0 Å². The minimum Gasteiger partial charge on any atom is -0.302 e. The van der Waals surface area contributed by atoms with Gasteiger partial charge in [-0.3, -0.25) is 0 Å². The molecular formula is C22H41ClN2. The number of rotatable bonds is 3. The van der Waals surface area contributed by atoms with E-state index in [2.05, 4.69) is 9.80 Å². The third-order valence-corrected chi connectivity index (χ3v) is 8.04. The number of halogens is 1. The van der Waals surface area contributed by atoms with Crippen LogP contribution in [0.15, 0.2) is 0 Å². The van der Waals surface area contributed by atoms with Gasteiger partial charge in [0.1, 0.15) is 0 Å². The van der Waals surface area contributed by atoms with Crippen LogP contribution >= 0.6 is 12.4 Å². The highest BCUT2D eigenvalue weighted by atomic mass is 35.5. The molecule has 4 aliphatic rings. The number of hydrogen-bond donors (Lipinski definition) is 0. The summed E-state index contributed by atoms with van der Waals surface area (Å²) in [6, 6.07) is 0. The SMILES string of the molecule is C1CCC2(CC1)CCCN(CCN1CCCC3(CCCCC3)C1)C2.Cl. The lowest BCUT2D eigenvalue weighted by molar-refractivity contribution is 0.0250. The summed E-state index contributed by atoms with van der Waals surface area (Å²) in [5.74, 6) is 0. The molecule has 2 heterocycles. The van der Waals surface area contributed by atoms with Gasteiger partial charge < -0.3 is 9.80 Å². The molecule has 0 aromatic rings. The summed E-state index contributed by atoms with van der Waals surface area (Å²) in [4.78, 5) is 5.69. The van der Waals surface area contributed by atoms with E-state index in [0.29, 0.717) is 0 Å². The average Bonchev–Trinajstić information content (AvgIpc) is 2.62. The second-order valence-corrected chi connectivity index (χ2v) is 9.88. The standard InChI is InChI=1S/C22H40N2.ClH/c1-3-9-21(10-4-1)13-7-15-23(19-21)17-18-24-16-8-14-22(20-24)11-5-2-6-12-22;/h1-20H2;1H. The molecule has 4 rings (SSSR count). The van der Waals surface area contributed by atoms with Crippen LogP contribution in [0.4, 0.5) is 0 Å². The highest BCUT2D eigenvalue weighted by molar-refractivity contribution is 5.85. The molecule has 2 saturated heterocycles. The van der Waals surface area contributed by atoms with E-state index < -0.39 is 0 Å². The van der Waals surface area contributed by atoms with Crippen LogP contribution in [0.5, 0.6) is 0 Å². The van der Waals surface area contributed by atoms with Gasteiger partial charge in [0.2, 0.25) is 0 Å². The highest BCUT2D eigenvalue weighted by Gasteiger charge is 2.38. The van der Waals surface area contributed by atoms with E-state index >= 15 is 0 Å². The topological polar surface area (TPSA) is 6.48 Å². The monoisotopic (exact) mass is 368 g/mol. The zero-order valence-corrected chi connectivity index (χ0v) is 17.3. The van der Waals surface area contributed by atoms with Gasteiger partial charge in [-0.25, -0.2) is 0 Å². The van der Waals surface area contributed by atoms with Gasteiger partial charge in [0.15, 0.2) is 0 Å². The molecule has 0 unspecified atom stereocenters. The van der Waals surface area contributed by atoms with Gasteiger partial charge >= 0.3 is 0 Å². The van der Waals surface area contributed by atoms with Crippen molar-refractivity contribution >= 4 is 12.4 Å². The molecule has 2 nitrogen and oxygen atoms in total. The van der Waals surface area contributed by atoms with Crippen LogP contribution in [0.25, 0.3) is 0 Å². The first-order valence-electron chi connectivity index (χ1n) is 11.2. The smallest absolute Gasteiger partial charge is 0.0110 e. The summed E-state index contributed by atoms with van der Waals surface area (Å²) in [7, 11) is 0. The summed E-state index contributed by atoms with van der Waals surface area (Å²) < 4.78 is 0. The van der Waals surface area contributed by atoms with Gasteiger partial charge in [0.25, 0.3) is 0 Å². The summed E-state index contributed by atoms with van der Waals surface area (Å²) >= 11 is 0. The van der Waals surface area contributed by atoms with Crippen molar-refractivity contribution < 1.29 is 0 Å². The second kappa shape index (κ2) is 8.93. The molecule has 0 aromatic heterocycles. The summed E-state index contributed by atoms with van der Waals surface area (Å²) in [5.41, 5.74) is 1.45. The molecule has 2 aliphatic carbocycles. The zero-order chi connectivity index (χ0) is 16.3. The van der Waals surface area contributed by atoms with Crippen molar-refractivity contribution in [2.45, 2.75) is 89.9 Å². The van der Waals surface area contributed by atoms with Gasteiger partial charge in [-0.05, 0) is 75.3 Å². The minimum absolute atomic E-state index is 0. The molecule has 25 heavy (non-hydrogen) atoms. The van der Waals surface area contributed by atoms with E-state index in [-0.39, 0.29) is 12.4 Å². The van der Waals surface area contributed by atoms with E-state index in [4.69, 9.17) is 0 Å². The van der Waals surface area contributed by atoms with Gasteiger partial charge in [0, 0.05) is 26.2 Å². The zero-order valence-electron chi connectivity index (χ0n) is 16.4. The van der Waals surface area contributed by atoms with E-state index in [1.807, 2.05) is 0 Å². The van der Waals surface area contributed by atoms with Gasteiger partial charge in [0.05, 0.1) is 0 Å². The molecule has 146 valence electrons. The minimum atomic E-state index is 0. The molecule has 0 amide bonds. The molecule has 2 spiro atoms. The molecule has 0 aromatic carbocycles. The maximum Gasteiger partial charge on any atom is 0.0110 e. The van der Waals surface area contributed by atoms with Crippen LogP contribution in [0.1, 0.15) is 89.9 Å². The highest BCUT2D eigenvalue weighted by Crippen LogP contribution is 2.44. The van der Waals surface area contributed by atoms with E-state index in [0.717, 1.165) is 10.8 Å². The lowest BCUT2D eigenvalue weighted by Gasteiger charge is -2.47. The van der Waals surface area contributed by atoms with Crippen molar-refractivity contribution in [2.24, 2.45) is 10.8 Å². The Morgan fingerprint density at radius 2 is 0.840 bits per heavy atom. The molecule has 0 atom stereocenters. The number of likely N-dealkylation sites (tertiary alicyclic amines) is 2. The van der Waals surface area contributed by atoms with Crippen molar-refractivity contribution in [2.75, 3.05) is 39.3 Å².